The van der Waals surface area contributed by atoms with Gasteiger partial charge in [-0.3, -0.25) is 4.79 Å². The van der Waals surface area contributed by atoms with Gasteiger partial charge in [0.05, 0.1) is 5.92 Å². The minimum absolute atomic E-state index is 0.222. The number of hydrogen-bond acceptors (Lipinski definition) is 4. The van der Waals surface area contributed by atoms with Crippen LogP contribution in [0.5, 0.6) is 0 Å². The molecule has 0 radical (unpaired) electrons. The monoisotopic (exact) mass is 345 g/mol. The van der Waals surface area contributed by atoms with Gasteiger partial charge in [0.2, 0.25) is 0 Å². The zero-order valence-corrected chi connectivity index (χ0v) is 14.0. The quantitative estimate of drug-likeness (QED) is 0.354. The van der Waals surface area contributed by atoms with Crippen LogP contribution in [0.4, 0.5) is 0 Å². The summed E-state index contributed by atoms with van der Waals surface area (Å²) in [5, 5.41) is 10.4. The van der Waals surface area contributed by atoms with Gasteiger partial charge >= 0.3 is 5.12 Å². The average Bonchev–Trinajstić information content (AvgIpc) is 2.75. The number of β-lactam (4-membered cyclic amide) rings is 1. The molecule has 1 aliphatic carbocycles. The molecule has 0 bridgehead atoms. The highest BCUT2D eigenvalue weighted by Gasteiger charge is 2.81. The number of carbonyl (C=O) groups is 2. The maximum absolute atomic E-state index is 12.7. The standard InChI is InChI=1S/C15H20ClNO4S/c1-17-11-10(7-8-16)13(19)22(21)15(11,14(17)20)12(18)9-5-3-2-4-6-9/h3,5,9-12,18H,2,4,6-8H2,1H3/t9-,10?,11+,12+,15+,22?/m1/s1. The summed E-state index contributed by atoms with van der Waals surface area (Å²) in [4.78, 5) is 26.3. The number of alkyl halides is 1. The van der Waals surface area contributed by atoms with E-state index in [1.165, 1.54) is 4.90 Å². The predicted molar refractivity (Wildman–Crippen MR) is 83.8 cm³/mol. The highest BCUT2D eigenvalue weighted by molar-refractivity contribution is 8.08. The molecule has 0 aromatic rings. The van der Waals surface area contributed by atoms with Crippen molar-refractivity contribution < 1.29 is 19.2 Å². The summed E-state index contributed by atoms with van der Waals surface area (Å²) in [5.74, 6) is -0.877. The molecule has 5 nitrogen and oxygen atoms in total. The van der Waals surface area contributed by atoms with Crippen LogP contribution in [-0.2, 0) is 20.8 Å². The Labute approximate surface area is 137 Å². The summed E-state index contributed by atoms with van der Waals surface area (Å²) < 4.78 is 11.2. The molecule has 3 rings (SSSR count). The summed E-state index contributed by atoms with van der Waals surface area (Å²) in [5.41, 5.74) is 0. The van der Waals surface area contributed by atoms with E-state index in [-0.39, 0.29) is 17.7 Å². The zero-order valence-electron chi connectivity index (χ0n) is 12.4. The number of likely N-dealkylation sites (tertiary alicyclic amines) is 1. The molecule has 0 aromatic carbocycles. The molecule has 22 heavy (non-hydrogen) atoms. The van der Waals surface area contributed by atoms with E-state index in [4.69, 9.17) is 11.6 Å². The molecular weight excluding hydrogens is 326 g/mol. The molecule has 0 spiro atoms. The predicted octanol–water partition coefficient (Wildman–Crippen LogP) is 0.817. The largest absolute Gasteiger partial charge is 0.608 e. The Kier molecular flexibility index (Phi) is 4.31. The lowest BCUT2D eigenvalue weighted by Crippen LogP contribution is -2.79. The van der Waals surface area contributed by atoms with Crippen LogP contribution in [0.15, 0.2) is 12.2 Å². The number of carbonyl (C=O) groups excluding carboxylic acids is 2. The van der Waals surface area contributed by atoms with Crippen molar-refractivity contribution in [3.63, 3.8) is 0 Å². The smallest absolute Gasteiger partial charge is 0.335 e. The fraction of sp³-hybridized carbons (Fsp3) is 0.733. The van der Waals surface area contributed by atoms with Crippen LogP contribution in [0.3, 0.4) is 0 Å². The topological polar surface area (TPSA) is 80.7 Å². The van der Waals surface area contributed by atoms with Crippen LogP contribution in [-0.4, -0.2) is 55.4 Å². The van der Waals surface area contributed by atoms with Gasteiger partial charge in [-0.25, -0.2) is 4.79 Å². The summed E-state index contributed by atoms with van der Waals surface area (Å²) in [7, 11) is 1.60. The van der Waals surface area contributed by atoms with Crippen molar-refractivity contribution in [2.75, 3.05) is 12.9 Å². The normalized spacial score (nSPS) is 42.3. The van der Waals surface area contributed by atoms with Gasteiger partial charge in [0, 0.05) is 30.0 Å². The first kappa shape index (κ1) is 16.3. The van der Waals surface area contributed by atoms with Crippen LogP contribution >= 0.6 is 11.6 Å². The number of allylic oxidation sites excluding steroid dienone is 1. The van der Waals surface area contributed by atoms with Crippen LogP contribution in [0, 0.1) is 11.8 Å². The van der Waals surface area contributed by atoms with Gasteiger partial charge in [0.15, 0.2) is 0 Å². The molecule has 2 heterocycles. The van der Waals surface area contributed by atoms with E-state index < -0.39 is 39.1 Å². The van der Waals surface area contributed by atoms with Gasteiger partial charge in [0.1, 0.15) is 12.1 Å². The molecule has 122 valence electrons. The van der Waals surface area contributed by atoms with Crippen molar-refractivity contribution in [1.82, 2.24) is 4.90 Å². The Balaban J connectivity index is 1.98. The van der Waals surface area contributed by atoms with Gasteiger partial charge in [-0.2, -0.15) is 0 Å². The summed E-state index contributed by atoms with van der Waals surface area (Å²) >= 11 is 3.76. The minimum atomic E-state index is -2.00. The second-order valence-electron chi connectivity index (χ2n) is 6.29. The van der Waals surface area contributed by atoms with E-state index in [2.05, 4.69) is 0 Å². The summed E-state index contributed by atoms with van der Waals surface area (Å²) in [6, 6.07) is -0.502. The van der Waals surface area contributed by atoms with E-state index >= 15 is 0 Å². The molecule has 2 unspecified atom stereocenters. The van der Waals surface area contributed by atoms with Gasteiger partial charge in [0.25, 0.3) is 10.7 Å². The van der Waals surface area contributed by atoms with Crippen molar-refractivity contribution >= 4 is 33.8 Å². The Bertz CT molecular complexity index is 528. The first-order chi connectivity index (χ1) is 10.5. The minimum Gasteiger partial charge on any atom is -0.608 e. The Morgan fingerprint density at radius 3 is 2.91 bits per heavy atom. The zero-order chi connectivity index (χ0) is 16.1. The number of halogens is 1. The number of amides is 1. The second-order valence-corrected chi connectivity index (χ2v) is 8.29. The molecule has 1 N–H and O–H groups in total. The SMILES string of the molecule is CN1C(=O)[C@@]2([C@@H](O)[C@@H]3C=CCCC3)[C@@H]1C(CCCl)C(=O)[S+]2[O-]. The Morgan fingerprint density at radius 2 is 2.32 bits per heavy atom. The van der Waals surface area contributed by atoms with Crippen molar-refractivity contribution in [3.8, 4) is 0 Å². The van der Waals surface area contributed by atoms with Crippen molar-refractivity contribution in [1.29, 1.82) is 0 Å². The van der Waals surface area contributed by atoms with E-state index in [1.807, 2.05) is 12.2 Å². The third-order valence-electron chi connectivity index (χ3n) is 5.24. The highest BCUT2D eigenvalue weighted by Crippen LogP contribution is 2.53. The average molecular weight is 346 g/mol. The lowest BCUT2D eigenvalue weighted by Gasteiger charge is -2.52. The molecule has 0 aromatic heterocycles. The third-order valence-corrected chi connectivity index (χ3v) is 7.40. The lowest BCUT2D eigenvalue weighted by molar-refractivity contribution is -0.161. The molecule has 2 fully saturated rings. The number of fused-ring (bicyclic) bond motifs is 1. The molecular formula is C15H20ClNO4S. The van der Waals surface area contributed by atoms with E-state index in [1.54, 1.807) is 7.05 Å². The first-order valence-electron chi connectivity index (χ1n) is 7.61. The third kappa shape index (κ3) is 1.94. The van der Waals surface area contributed by atoms with E-state index in [0.717, 1.165) is 19.3 Å². The molecule has 6 atom stereocenters. The van der Waals surface area contributed by atoms with Crippen LogP contribution < -0.4 is 0 Å². The molecule has 2 aliphatic heterocycles. The van der Waals surface area contributed by atoms with Gasteiger partial charge in [-0.15, -0.1) is 11.6 Å². The van der Waals surface area contributed by atoms with E-state index in [0.29, 0.717) is 6.42 Å². The van der Waals surface area contributed by atoms with Gasteiger partial charge in [-0.05, 0) is 25.7 Å². The Morgan fingerprint density at radius 1 is 1.59 bits per heavy atom. The second kappa shape index (κ2) is 5.82. The van der Waals surface area contributed by atoms with Crippen molar-refractivity contribution in [2.24, 2.45) is 11.8 Å². The maximum atomic E-state index is 12.7. The highest BCUT2D eigenvalue weighted by atomic mass is 35.5. The number of aliphatic hydroxyl groups is 1. The van der Waals surface area contributed by atoms with Crippen LogP contribution in [0.1, 0.15) is 25.7 Å². The van der Waals surface area contributed by atoms with Crippen molar-refractivity contribution in [2.45, 2.75) is 42.6 Å². The molecule has 2 saturated heterocycles. The maximum Gasteiger partial charge on any atom is 0.335 e. The Hall–Kier alpha value is -0.560. The summed E-state index contributed by atoms with van der Waals surface area (Å²) in [6.45, 7) is 0. The van der Waals surface area contributed by atoms with Crippen LogP contribution in [0.2, 0.25) is 0 Å². The van der Waals surface area contributed by atoms with E-state index in [9.17, 15) is 19.2 Å². The summed E-state index contributed by atoms with van der Waals surface area (Å²) in [6.07, 6.45) is 5.79. The first-order valence-corrected chi connectivity index (χ1v) is 9.30. The fourth-order valence-corrected chi connectivity index (χ4v) is 6.49. The van der Waals surface area contributed by atoms with Gasteiger partial charge < -0.3 is 14.6 Å². The molecule has 7 heteroatoms. The number of aliphatic hydroxyl groups excluding tert-OH is 1. The number of hydrogen-bond donors (Lipinski definition) is 1. The number of nitrogens with zero attached hydrogens (tertiary/aromatic N) is 1. The van der Waals surface area contributed by atoms with Crippen LogP contribution in [0.25, 0.3) is 0 Å². The lowest BCUT2D eigenvalue weighted by atomic mass is 9.70. The molecule has 1 amide bonds. The molecule has 3 aliphatic rings. The number of rotatable bonds is 4. The molecule has 0 saturated carbocycles. The fourth-order valence-electron chi connectivity index (χ4n) is 4.16. The van der Waals surface area contributed by atoms with Gasteiger partial charge in [-0.1, -0.05) is 12.2 Å². The van der Waals surface area contributed by atoms with Crippen molar-refractivity contribution in [3.05, 3.63) is 12.2 Å².